The summed E-state index contributed by atoms with van der Waals surface area (Å²) in [6.45, 7) is 22.4. The van der Waals surface area contributed by atoms with E-state index in [4.69, 9.17) is 17.0 Å². The van der Waals surface area contributed by atoms with Crippen LogP contribution in [0, 0.1) is 24.7 Å². The van der Waals surface area contributed by atoms with Crippen molar-refractivity contribution in [2.24, 2.45) is 10.8 Å². The van der Waals surface area contributed by atoms with E-state index < -0.39 is 20.8 Å². The summed E-state index contributed by atoms with van der Waals surface area (Å²) in [5.74, 6) is 0. The standard InChI is InChI=1S/2C21H23.C2H6Si.2ClH.Zr/c2*1-15-8-10-17(11-9-15)19-7-5-6-18-12-16(13-20(18)19)14-21(2,3)4;1-3-2;;;/h2*5-13H,14H2,1-4H3;1-2H3;2*1H;/q2*-1;;;;+4/p-2. The van der Waals surface area contributed by atoms with E-state index in [0.717, 1.165) is 22.4 Å². The van der Waals surface area contributed by atoms with E-state index in [1.165, 1.54) is 66.1 Å². The number of aryl methyl sites for hydroxylation is 2. The fraction of sp³-hybridized carbons (Fsp3) is 0.318. The van der Waals surface area contributed by atoms with Gasteiger partial charge in [-0.1, -0.05) is 138 Å². The van der Waals surface area contributed by atoms with Crippen LogP contribution in [-0.4, -0.2) is 9.52 Å². The van der Waals surface area contributed by atoms with Crippen molar-refractivity contribution in [1.82, 2.24) is 0 Å². The van der Waals surface area contributed by atoms with Crippen LogP contribution in [0.5, 0.6) is 0 Å². The minimum atomic E-state index is -0.826. The first-order chi connectivity index (χ1) is 22.7. The van der Waals surface area contributed by atoms with Crippen molar-refractivity contribution in [3.05, 3.63) is 131 Å². The van der Waals surface area contributed by atoms with E-state index in [9.17, 15) is 0 Å². The number of halogens is 2. The normalized spacial score (nSPS) is 11.1. The Hall–Kier alpha value is -2.22. The Morgan fingerprint density at radius 3 is 1.17 bits per heavy atom. The average molecular weight is 771 g/mol. The third kappa shape index (κ3) is 12.6. The molecule has 0 bridgehead atoms. The molecule has 0 nitrogen and oxygen atoms in total. The number of benzene rings is 4. The number of rotatable bonds is 4. The van der Waals surface area contributed by atoms with Gasteiger partial charge in [0.05, 0.1) is 0 Å². The Kier molecular flexibility index (Phi) is 15.7. The summed E-state index contributed by atoms with van der Waals surface area (Å²) in [5.41, 5.74) is 11.4. The molecule has 6 aromatic rings. The fourth-order valence-electron chi connectivity index (χ4n) is 5.99. The van der Waals surface area contributed by atoms with Crippen LogP contribution in [0.1, 0.15) is 63.8 Å². The maximum absolute atomic E-state index is 4.93. The molecule has 0 aliphatic heterocycles. The monoisotopic (exact) mass is 768 g/mol. The van der Waals surface area contributed by atoms with E-state index >= 15 is 0 Å². The molecule has 250 valence electrons. The molecular weight excluding hydrogens is 719 g/mol. The van der Waals surface area contributed by atoms with Crippen molar-refractivity contribution >= 4 is 48.1 Å². The molecule has 4 heteroatoms. The molecule has 48 heavy (non-hydrogen) atoms. The molecule has 0 saturated carbocycles. The molecular formula is C44H52Cl2SiZr. The van der Waals surface area contributed by atoms with Gasteiger partial charge in [-0.25, -0.2) is 0 Å². The van der Waals surface area contributed by atoms with Crippen molar-refractivity contribution in [3.63, 3.8) is 0 Å². The van der Waals surface area contributed by atoms with E-state index in [1.54, 1.807) is 0 Å². The van der Waals surface area contributed by atoms with Crippen molar-refractivity contribution in [3.8, 4) is 22.3 Å². The van der Waals surface area contributed by atoms with Gasteiger partial charge in [0.2, 0.25) is 0 Å². The van der Waals surface area contributed by atoms with Gasteiger partial charge in [0.25, 0.3) is 0 Å². The Bertz CT molecular complexity index is 1690. The predicted octanol–water partition coefficient (Wildman–Crippen LogP) is 14.4. The zero-order chi connectivity index (χ0) is 35.5. The fourth-order valence-corrected chi connectivity index (χ4v) is 5.99. The third-order valence-electron chi connectivity index (χ3n) is 7.82. The number of hydrogen-bond acceptors (Lipinski definition) is 0. The van der Waals surface area contributed by atoms with E-state index in [-0.39, 0.29) is 0 Å². The molecule has 0 fully saturated rings. The van der Waals surface area contributed by atoms with E-state index in [2.05, 4.69) is 178 Å². The summed E-state index contributed by atoms with van der Waals surface area (Å²) < 4.78 is 0. The molecule has 0 aliphatic rings. The second kappa shape index (κ2) is 18.7. The minimum absolute atomic E-state index is 0.328. The summed E-state index contributed by atoms with van der Waals surface area (Å²) >= 11 is -0.826. The summed E-state index contributed by atoms with van der Waals surface area (Å²) in [4.78, 5) is 0. The second-order valence-corrected chi connectivity index (χ2v) is 19.9. The first-order valence-electron chi connectivity index (χ1n) is 16.7. The van der Waals surface area contributed by atoms with Crippen LogP contribution >= 0.6 is 17.0 Å². The average Bonchev–Trinajstić information content (AvgIpc) is 3.60. The van der Waals surface area contributed by atoms with Crippen molar-refractivity contribution in [1.29, 1.82) is 0 Å². The van der Waals surface area contributed by atoms with Gasteiger partial charge in [0.1, 0.15) is 0 Å². The number of hydrogen-bond donors (Lipinski definition) is 0. The van der Waals surface area contributed by atoms with Gasteiger partial charge >= 0.3 is 37.9 Å². The van der Waals surface area contributed by atoms with Gasteiger partial charge in [-0.3, -0.25) is 0 Å². The zero-order valence-corrected chi connectivity index (χ0v) is 35.5. The van der Waals surface area contributed by atoms with Gasteiger partial charge < -0.3 is 0 Å². The van der Waals surface area contributed by atoms with E-state index in [0.29, 0.717) is 10.8 Å². The van der Waals surface area contributed by atoms with Gasteiger partial charge in [-0.05, 0) is 48.6 Å². The Morgan fingerprint density at radius 2 is 0.875 bits per heavy atom. The SMILES string of the molecule is C[Si]C.Cc1ccc(-c2cccc3[cH-]c(CC(C)(C)C)cc23)cc1.Cc1ccc(-c2cccc3[cH-]c(CC(C)(C)C)cc23)cc1.[Cl][Zr+2][Cl]. The van der Waals surface area contributed by atoms with Crippen LogP contribution < -0.4 is 0 Å². The molecule has 0 unspecified atom stereocenters. The quantitative estimate of drug-likeness (QED) is 0.124. The van der Waals surface area contributed by atoms with Crippen LogP contribution in [0.4, 0.5) is 0 Å². The van der Waals surface area contributed by atoms with Crippen LogP contribution in [0.2, 0.25) is 13.1 Å². The van der Waals surface area contributed by atoms with E-state index in [1.807, 2.05) is 0 Å². The molecule has 2 radical (unpaired) electrons. The number of fused-ring (bicyclic) bond motifs is 2. The first-order valence-corrected chi connectivity index (χ1v) is 25.1. The van der Waals surface area contributed by atoms with Gasteiger partial charge in [-0.15, -0.1) is 69.1 Å². The molecule has 6 aromatic carbocycles. The van der Waals surface area contributed by atoms with Crippen molar-refractivity contribution in [2.75, 3.05) is 0 Å². The Labute approximate surface area is 312 Å². The summed E-state index contributed by atoms with van der Waals surface area (Å²) in [6, 6.07) is 40.3. The third-order valence-corrected chi connectivity index (χ3v) is 7.82. The Balaban J connectivity index is 0.000000224. The van der Waals surface area contributed by atoms with Gasteiger partial charge in [-0.2, -0.15) is 12.1 Å². The molecule has 0 aromatic heterocycles. The summed E-state index contributed by atoms with van der Waals surface area (Å²) in [6.07, 6.45) is 2.24. The molecule has 0 atom stereocenters. The zero-order valence-electron chi connectivity index (χ0n) is 30.6. The maximum atomic E-state index is 4.93. The van der Waals surface area contributed by atoms with Crippen LogP contribution in [0.25, 0.3) is 43.8 Å². The molecule has 0 N–H and O–H groups in total. The van der Waals surface area contributed by atoms with Gasteiger partial charge in [0, 0.05) is 9.52 Å². The van der Waals surface area contributed by atoms with Crippen molar-refractivity contribution < 1.29 is 20.8 Å². The molecule has 6 rings (SSSR count). The molecule has 0 heterocycles. The topological polar surface area (TPSA) is 0 Å². The summed E-state index contributed by atoms with van der Waals surface area (Å²) in [5, 5.41) is 5.46. The second-order valence-electron chi connectivity index (χ2n) is 15.1. The van der Waals surface area contributed by atoms with Crippen LogP contribution in [0.3, 0.4) is 0 Å². The molecule has 0 spiro atoms. The van der Waals surface area contributed by atoms with Gasteiger partial charge in [0.15, 0.2) is 0 Å². The Morgan fingerprint density at radius 1 is 0.562 bits per heavy atom. The van der Waals surface area contributed by atoms with Crippen LogP contribution in [0.15, 0.2) is 109 Å². The molecule has 0 saturated heterocycles. The first kappa shape index (κ1) is 40.2. The van der Waals surface area contributed by atoms with Crippen molar-refractivity contribution in [2.45, 2.75) is 81.3 Å². The predicted molar refractivity (Wildman–Crippen MR) is 215 cm³/mol. The van der Waals surface area contributed by atoms with Crippen LogP contribution in [-0.2, 0) is 33.7 Å². The molecule has 0 amide bonds. The summed E-state index contributed by atoms with van der Waals surface area (Å²) in [7, 11) is 11.0. The molecule has 0 aliphatic carbocycles.